The summed E-state index contributed by atoms with van der Waals surface area (Å²) in [4.78, 5) is 27.0. The number of rotatable bonds is 3. The Morgan fingerprint density at radius 2 is 2.00 bits per heavy atom. The van der Waals surface area contributed by atoms with Crippen molar-refractivity contribution in [2.75, 3.05) is 0 Å². The lowest BCUT2D eigenvalue weighted by Gasteiger charge is -2.13. The minimum absolute atomic E-state index is 0.141. The summed E-state index contributed by atoms with van der Waals surface area (Å²) in [6.07, 6.45) is 1.74. The lowest BCUT2D eigenvalue weighted by atomic mass is 10.2. The van der Waals surface area contributed by atoms with Crippen molar-refractivity contribution in [3.63, 3.8) is 0 Å². The number of halogens is 2. The van der Waals surface area contributed by atoms with Crippen LogP contribution in [-0.4, -0.2) is 16.0 Å². The zero-order valence-electron chi connectivity index (χ0n) is 11.1. The first-order chi connectivity index (χ1) is 10.5. The first-order valence-corrected chi connectivity index (χ1v) is 8.72. The fraction of sp³-hybridized carbons (Fsp3) is 0.0667. The zero-order chi connectivity index (χ0) is 15.7. The van der Waals surface area contributed by atoms with Crippen molar-refractivity contribution in [2.45, 2.75) is 6.54 Å². The second kappa shape index (κ2) is 6.46. The lowest BCUT2D eigenvalue weighted by Crippen LogP contribution is -2.27. The van der Waals surface area contributed by atoms with Crippen molar-refractivity contribution < 1.29 is 9.59 Å². The third-order valence-electron chi connectivity index (χ3n) is 3.03. The van der Waals surface area contributed by atoms with Crippen LogP contribution in [0.3, 0.4) is 0 Å². The molecule has 0 radical (unpaired) electrons. The molecule has 2 aromatic rings. The summed E-state index contributed by atoms with van der Waals surface area (Å²) < 4.78 is 0. The largest absolute Gasteiger partial charge is 0.293 e. The zero-order valence-corrected chi connectivity index (χ0v) is 14.2. The van der Waals surface area contributed by atoms with E-state index in [0.29, 0.717) is 20.5 Å². The number of hydrogen-bond acceptors (Lipinski definition) is 4. The summed E-state index contributed by atoms with van der Waals surface area (Å²) in [5, 5.41) is 2.58. The van der Waals surface area contributed by atoms with Crippen molar-refractivity contribution in [3.05, 3.63) is 61.1 Å². The number of amides is 2. The van der Waals surface area contributed by atoms with Gasteiger partial charge in [-0.05, 0) is 47.0 Å². The van der Waals surface area contributed by atoms with Crippen LogP contribution in [0.2, 0.25) is 10.0 Å². The van der Waals surface area contributed by atoms with Gasteiger partial charge in [-0.25, -0.2) is 0 Å². The molecule has 22 heavy (non-hydrogen) atoms. The third-order valence-corrected chi connectivity index (χ3v) is 5.35. The molecule has 0 N–H and O–H groups in total. The van der Waals surface area contributed by atoms with E-state index < -0.39 is 0 Å². The Morgan fingerprint density at radius 1 is 1.18 bits per heavy atom. The molecule has 1 aromatic carbocycles. The highest BCUT2D eigenvalue weighted by Gasteiger charge is 2.35. The lowest BCUT2D eigenvalue weighted by molar-refractivity contribution is -0.123. The van der Waals surface area contributed by atoms with Crippen molar-refractivity contribution in [3.8, 4) is 0 Å². The summed E-state index contributed by atoms with van der Waals surface area (Å²) in [7, 11) is 0. The Balaban J connectivity index is 1.83. The van der Waals surface area contributed by atoms with Gasteiger partial charge in [0.1, 0.15) is 0 Å². The van der Waals surface area contributed by atoms with E-state index in [9.17, 15) is 9.59 Å². The molecule has 0 aliphatic carbocycles. The molecule has 0 saturated carbocycles. The molecule has 1 aliphatic heterocycles. The maximum Gasteiger partial charge on any atom is 0.293 e. The van der Waals surface area contributed by atoms with Crippen LogP contribution in [0.15, 0.2) is 40.6 Å². The van der Waals surface area contributed by atoms with Crippen molar-refractivity contribution in [1.29, 1.82) is 0 Å². The van der Waals surface area contributed by atoms with Gasteiger partial charge < -0.3 is 0 Å². The van der Waals surface area contributed by atoms with E-state index in [-0.39, 0.29) is 17.7 Å². The van der Waals surface area contributed by atoms with Gasteiger partial charge >= 0.3 is 0 Å². The first-order valence-electron chi connectivity index (χ1n) is 6.27. The van der Waals surface area contributed by atoms with E-state index in [1.54, 1.807) is 24.3 Å². The van der Waals surface area contributed by atoms with Crippen molar-refractivity contribution in [1.82, 2.24) is 4.90 Å². The van der Waals surface area contributed by atoms with Crippen LogP contribution >= 0.6 is 46.3 Å². The fourth-order valence-corrected chi connectivity index (χ4v) is 3.99. The fourth-order valence-electron chi connectivity index (χ4n) is 1.96. The smallest absolute Gasteiger partial charge is 0.268 e. The van der Waals surface area contributed by atoms with Gasteiger partial charge in [0.25, 0.3) is 11.1 Å². The molecule has 1 aliphatic rings. The Morgan fingerprint density at radius 3 is 2.68 bits per heavy atom. The van der Waals surface area contributed by atoms with Gasteiger partial charge in [0.05, 0.1) is 11.4 Å². The molecule has 7 heteroatoms. The predicted molar refractivity (Wildman–Crippen MR) is 92.3 cm³/mol. The average molecular weight is 370 g/mol. The Bertz CT molecular complexity index is 772. The van der Waals surface area contributed by atoms with Gasteiger partial charge in [-0.2, -0.15) is 0 Å². The Labute approximate surface area is 145 Å². The van der Waals surface area contributed by atoms with Crippen LogP contribution < -0.4 is 0 Å². The molecule has 1 saturated heterocycles. The van der Waals surface area contributed by atoms with Gasteiger partial charge in [-0.1, -0.05) is 35.3 Å². The van der Waals surface area contributed by atoms with E-state index in [0.717, 1.165) is 16.6 Å². The number of thiophene rings is 1. The molecule has 0 bridgehead atoms. The molecule has 1 fully saturated rings. The summed E-state index contributed by atoms with van der Waals surface area (Å²) in [6.45, 7) is 0.141. The molecule has 112 valence electrons. The standard InChI is InChI=1S/C15H9Cl2NO2S2/c16-10-4-3-9(12(17)6-10)8-18-14(19)13(22-15(18)20)7-11-2-1-5-21-11/h1-7H,8H2/b13-7-. The summed E-state index contributed by atoms with van der Waals surface area (Å²) >= 11 is 14.4. The molecule has 1 aromatic heterocycles. The van der Waals surface area contributed by atoms with Gasteiger partial charge in [-0.3, -0.25) is 14.5 Å². The highest BCUT2D eigenvalue weighted by molar-refractivity contribution is 8.18. The number of nitrogens with zero attached hydrogens (tertiary/aromatic N) is 1. The maximum atomic E-state index is 12.4. The number of thioether (sulfide) groups is 1. The second-order valence-corrected chi connectivity index (χ2v) is 7.34. The van der Waals surface area contributed by atoms with Crippen LogP contribution in [-0.2, 0) is 11.3 Å². The summed E-state index contributed by atoms with van der Waals surface area (Å²) in [5.74, 6) is -0.297. The molecule has 2 amide bonds. The van der Waals surface area contributed by atoms with Crippen LogP contribution in [0.1, 0.15) is 10.4 Å². The molecular formula is C15H9Cl2NO2S2. The first kappa shape index (κ1) is 15.6. The highest BCUT2D eigenvalue weighted by atomic mass is 35.5. The van der Waals surface area contributed by atoms with Gasteiger partial charge in [-0.15, -0.1) is 11.3 Å². The predicted octanol–water partition coefficient (Wildman–Crippen LogP) is 5.29. The van der Waals surface area contributed by atoms with Crippen LogP contribution in [0.25, 0.3) is 6.08 Å². The number of hydrogen-bond donors (Lipinski definition) is 0. The topological polar surface area (TPSA) is 37.4 Å². The summed E-state index contributed by atoms with van der Waals surface area (Å²) in [6, 6.07) is 8.79. The highest BCUT2D eigenvalue weighted by Crippen LogP contribution is 2.35. The molecule has 2 heterocycles. The molecule has 3 rings (SSSR count). The number of carbonyl (C=O) groups excluding carboxylic acids is 2. The SMILES string of the molecule is O=C1S/C(=C\c2cccs2)C(=O)N1Cc1ccc(Cl)cc1Cl. The van der Waals surface area contributed by atoms with E-state index in [2.05, 4.69) is 0 Å². The molecule has 0 unspecified atom stereocenters. The quantitative estimate of drug-likeness (QED) is 0.689. The summed E-state index contributed by atoms with van der Waals surface area (Å²) in [5.41, 5.74) is 0.686. The average Bonchev–Trinajstić information content (AvgIpc) is 3.06. The maximum absolute atomic E-state index is 12.4. The number of imide groups is 1. The second-order valence-electron chi connectivity index (χ2n) is 4.52. The molecule has 0 atom stereocenters. The van der Waals surface area contributed by atoms with Gasteiger partial charge in [0.15, 0.2) is 0 Å². The van der Waals surface area contributed by atoms with E-state index in [4.69, 9.17) is 23.2 Å². The monoisotopic (exact) mass is 369 g/mol. The van der Waals surface area contributed by atoms with E-state index in [1.165, 1.54) is 16.2 Å². The Kier molecular flexibility index (Phi) is 4.59. The third kappa shape index (κ3) is 3.22. The van der Waals surface area contributed by atoms with Crippen molar-refractivity contribution >= 4 is 63.5 Å². The molecular weight excluding hydrogens is 361 g/mol. The number of benzene rings is 1. The molecule has 0 spiro atoms. The minimum atomic E-state index is -0.297. The van der Waals surface area contributed by atoms with Crippen molar-refractivity contribution in [2.24, 2.45) is 0 Å². The van der Waals surface area contributed by atoms with Gasteiger partial charge in [0.2, 0.25) is 0 Å². The number of carbonyl (C=O) groups is 2. The molecule has 3 nitrogen and oxygen atoms in total. The normalized spacial score (nSPS) is 16.8. The van der Waals surface area contributed by atoms with Crippen LogP contribution in [0, 0.1) is 0 Å². The minimum Gasteiger partial charge on any atom is -0.268 e. The Hall–Kier alpha value is -1.27. The van der Waals surface area contributed by atoms with Crippen LogP contribution in [0.4, 0.5) is 4.79 Å². The van der Waals surface area contributed by atoms with Crippen LogP contribution in [0.5, 0.6) is 0 Å². The van der Waals surface area contributed by atoms with E-state index in [1.807, 2.05) is 17.5 Å². The van der Waals surface area contributed by atoms with E-state index >= 15 is 0 Å². The van der Waals surface area contributed by atoms with Gasteiger partial charge in [0, 0.05) is 14.9 Å².